The van der Waals surface area contributed by atoms with E-state index < -0.39 is 0 Å². The molecule has 2 rings (SSSR count). The van der Waals surface area contributed by atoms with Crippen LogP contribution in [0, 0.1) is 0 Å². The molecule has 2 heterocycles. The molecule has 3 N–H and O–H groups in total. The fourth-order valence-corrected chi connectivity index (χ4v) is 2.65. The molecule has 2 aliphatic heterocycles. The average Bonchev–Trinajstić information content (AvgIpc) is 2.25. The summed E-state index contributed by atoms with van der Waals surface area (Å²) in [5.74, 6) is 0. The Morgan fingerprint density at radius 2 is 1.33 bits per heavy atom. The molecule has 2 atom stereocenters. The van der Waals surface area contributed by atoms with Crippen LogP contribution in [-0.4, -0.2) is 18.1 Å². The van der Waals surface area contributed by atoms with E-state index in [9.17, 15) is 0 Å². The Labute approximate surface area is 75.9 Å². The van der Waals surface area contributed by atoms with E-state index in [1.807, 2.05) is 0 Å². The number of hydrogen-bond donors (Lipinski definition) is 2. The molecule has 72 valence electrons. The molecule has 0 aromatic carbocycles. The van der Waals surface area contributed by atoms with Crippen LogP contribution in [0.3, 0.4) is 0 Å². The van der Waals surface area contributed by atoms with Crippen molar-refractivity contribution in [2.75, 3.05) is 7.05 Å². The first-order valence-electron chi connectivity index (χ1n) is 4.99. The van der Waals surface area contributed by atoms with Crippen LogP contribution >= 0.6 is 0 Å². The summed E-state index contributed by atoms with van der Waals surface area (Å²) in [6, 6.07) is 0. The van der Waals surface area contributed by atoms with Crippen LogP contribution in [0.1, 0.15) is 46.0 Å². The molecule has 0 spiro atoms. The van der Waals surface area contributed by atoms with Crippen LogP contribution in [0.5, 0.6) is 0 Å². The predicted octanol–water partition coefficient (Wildman–Crippen LogP) is 1.65. The number of piperidine rings is 1. The smallest absolute Gasteiger partial charge is 0.0159 e. The highest BCUT2D eigenvalue weighted by molar-refractivity contribution is 5.05. The van der Waals surface area contributed by atoms with Crippen LogP contribution < -0.4 is 11.1 Å². The highest BCUT2D eigenvalue weighted by atomic mass is 15.1. The molecular formula is C10H22N2. The summed E-state index contributed by atoms with van der Waals surface area (Å²) in [6.07, 6.45) is 7.00. The molecule has 2 aliphatic rings. The molecule has 0 aliphatic carbocycles. The first-order valence-corrected chi connectivity index (χ1v) is 4.99. The van der Waals surface area contributed by atoms with Crippen LogP contribution in [0.2, 0.25) is 0 Å². The fraction of sp³-hybridized carbons (Fsp3) is 1.00. The molecule has 2 nitrogen and oxygen atoms in total. The zero-order valence-electron chi connectivity index (χ0n) is 8.61. The topological polar surface area (TPSA) is 38.0 Å². The Kier molecular flexibility index (Phi) is 2.79. The van der Waals surface area contributed by atoms with Crippen LogP contribution in [0.15, 0.2) is 0 Å². The second-order valence-corrected chi connectivity index (χ2v) is 4.60. The summed E-state index contributed by atoms with van der Waals surface area (Å²) in [6.45, 7) is 4.74. The van der Waals surface area contributed by atoms with Crippen molar-refractivity contribution in [1.82, 2.24) is 5.32 Å². The van der Waals surface area contributed by atoms with Crippen LogP contribution in [-0.2, 0) is 0 Å². The minimum absolute atomic E-state index is 0.507. The van der Waals surface area contributed by atoms with E-state index >= 15 is 0 Å². The third-order valence-corrected chi connectivity index (χ3v) is 3.29. The first kappa shape index (κ1) is 10.0. The fourth-order valence-electron chi connectivity index (χ4n) is 2.65. The Hall–Kier alpha value is -0.0800. The summed E-state index contributed by atoms with van der Waals surface area (Å²) in [7, 11) is 1.50. The van der Waals surface area contributed by atoms with E-state index in [4.69, 9.17) is 0 Å². The van der Waals surface area contributed by atoms with Crippen molar-refractivity contribution in [1.29, 1.82) is 0 Å². The summed E-state index contributed by atoms with van der Waals surface area (Å²) < 4.78 is 0. The lowest BCUT2D eigenvalue weighted by atomic mass is 9.89. The minimum atomic E-state index is 0.507. The Bertz CT molecular complexity index is 142. The van der Waals surface area contributed by atoms with Gasteiger partial charge in [0.15, 0.2) is 0 Å². The van der Waals surface area contributed by atoms with E-state index in [1.165, 1.54) is 39.2 Å². The van der Waals surface area contributed by atoms with E-state index in [-0.39, 0.29) is 0 Å². The summed E-state index contributed by atoms with van der Waals surface area (Å²) in [5.41, 5.74) is 5.51. The van der Waals surface area contributed by atoms with Crippen molar-refractivity contribution in [3.63, 3.8) is 0 Å². The summed E-state index contributed by atoms with van der Waals surface area (Å²) >= 11 is 0. The average molecular weight is 170 g/mol. The Morgan fingerprint density at radius 3 is 1.67 bits per heavy atom. The van der Waals surface area contributed by atoms with Gasteiger partial charge in [-0.1, -0.05) is 0 Å². The second-order valence-electron chi connectivity index (χ2n) is 4.60. The van der Waals surface area contributed by atoms with Gasteiger partial charge in [0.25, 0.3) is 0 Å². The van der Waals surface area contributed by atoms with E-state index in [0.717, 1.165) is 0 Å². The van der Waals surface area contributed by atoms with E-state index in [1.54, 1.807) is 0 Å². The molecular weight excluding hydrogens is 148 g/mol. The molecule has 0 aromatic heterocycles. The standard InChI is InChI=1S/C9H17N.CH5N/c1-8-4-3-5-9(2,10-8)7-6-8;1-2/h10H,3-7H2,1-2H3;2H2,1H3. The third-order valence-electron chi connectivity index (χ3n) is 3.29. The summed E-state index contributed by atoms with van der Waals surface area (Å²) in [5, 5.41) is 3.74. The van der Waals surface area contributed by atoms with Crippen molar-refractivity contribution in [3.8, 4) is 0 Å². The molecule has 12 heavy (non-hydrogen) atoms. The normalized spacial score (nSPS) is 45.0. The molecule has 2 fully saturated rings. The lowest BCUT2D eigenvalue weighted by Crippen LogP contribution is -2.50. The summed E-state index contributed by atoms with van der Waals surface area (Å²) in [4.78, 5) is 0. The van der Waals surface area contributed by atoms with Crippen molar-refractivity contribution in [2.24, 2.45) is 5.73 Å². The highest BCUT2D eigenvalue weighted by Crippen LogP contribution is 2.41. The maximum Gasteiger partial charge on any atom is 0.0159 e. The quantitative estimate of drug-likeness (QED) is 0.580. The van der Waals surface area contributed by atoms with E-state index in [2.05, 4.69) is 24.9 Å². The molecule has 0 saturated carbocycles. The van der Waals surface area contributed by atoms with Gasteiger partial charge in [-0.2, -0.15) is 0 Å². The van der Waals surface area contributed by atoms with E-state index in [0.29, 0.717) is 11.1 Å². The molecule has 2 heteroatoms. The maximum absolute atomic E-state index is 4.50. The largest absolute Gasteiger partial charge is 0.333 e. The molecule has 0 radical (unpaired) electrons. The van der Waals surface area contributed by atoms with Gasteiger partial charge >= 0.3 is 0 Å². The first-order chi connectivity index (χ1) is 5.62. The van der Waals surface area contributed by atoms with Gasteiger partial charge in [0.05, 0.1) is 0 Å². The van der Waals surface area contributed by atoms with Crippen molar-refractivity contribution < 1.29 is 0 Å². The molecule has 0 aromatic rings. The van der Waals surface area contributed by atoms with Crippen molar-refractivity contribution in [3.05, 3.63) is 0 Å². The van der Waals surface area contributed by atoms with Crippen LogP contribution in [0.25, 0.3) is 0 Å². The molecule has 2 saturated heterocycles. The van der Waals surface area contributed by atoms with Gasteiger partial charge in [-0.05, 0) is 53.0 Å². The van der Waals surface area contributed by atoms with Gasteiger partial charge < -0.3 is 11.1 Å². The van der Waals surface area contributed by atoms with Gasteiger partial charge in [-0.25, -0.2) is 0 Å². The van der Waals surface area contributed by atoms with Crippen LogP contribution in [0.4, 0.5) is 0 Å². The zero-order valence-corrected chi connectivity index (χ0v) is 8.61. The maximum atomic E-state index is 4.50. The predicted molar refractivity (Wildman–Crippen MR) is 53.1 cm³/mol. The third kappa shape index (κ3) is 1.80. The molecule has 2 bridgehead atoms. The zero-order chi connectivity index (χ0) is 9.24. The number of nitrogens with one attached hydrogen (secondary N) is 1. The van der Waals surface area contributed by atoms with Gasteiger partial charge in [0, 0.05) is 11.1 Å². The lowest BCUT2D eigenvalue weighted by molar-refractivity contribution is 0.235. The highest BCUT2D eigenvalue weighted by Gasteiger charge is 2.44. The SMILES string of the molecule is CC12CCCC(C)(CC1)N2.CN. The molecule has 2 unspecified atom stereocenters. The van der Waals surface area contributed by atoms with Gasteiger partial charge in [0.2, 0.25) is 0 Å². The van der Waals surface area contributed by atoms with Crippen molar-refractivity contribution in [2.45, 2.75) is 57.0 Å². The number of hydrogen-bond acceptors (Lipinski definition) is 2. The number of nitrogens with two attached hydrogens (primary N) is 1. The second kappa shape index (κ2) is 3.35. The van der Waals surface area contributed by atoms with Gasteiger partial charge in [-0.15, -0.1) is 0 Å². The van der Waals surface area contributed by atoms with Crippen molar-refractivity contribution >= 4 is 0 Å². The minimum Gasteiger partial charge on any atom is -0.333 e. The lowest BCUT2D eigenvalue weighted by Gasteiger charge is -2.37. The molecule has 0 amide bonds. The number of fused-ring (bicyclic) bond motifs is 2. The van der Waals surface area contributed by atoms with Gasteiger partial charge in [-0.3, -0.25) is 0 Å². The van der Waals surface area contributed by atoms with Gasteiger partial charge in [0.1, 0.15) is 0 Å². The Morgan fingerprint density at radius 1 is 0.917 bits per heavy atom. The number of rotatable bonds is 0. The monoisotopic (exact) mass is 170 g/mol. The Balaban J connectivity index is 0.000000336.